The second kappa shape index (κ2) is 32.1. The van der Waals surface area contributed by atoms with E-state index in [2.05, 4.69) is 19.2 Å². The summed E-state index contributed by atoms with van der Waals surface area (Å²) in [6.45, 7) is 4.78. The molecule has 4 amide bonds. The molecule has 6 N–H and O–H groups in total. The van der Waals surface area contributed by atoms with E-state index in [1.54, 1.807) is 0 Å². The van der Waals surface area contributed by atoms with Gasteiger partial charge < -0.3 is 21.9 Å². The van der Waals surface area contributed by atoms with E-state index < -0.39 is 41.7 Å². The normalized spacial score (nSPS) is 12.2. The number of primary amides is 1. The SMILES string of the molecule is CCCCCCCCCCCC(=O)N(C(=O)CCCCCCCCCCC)[C@@H](CCC(N)=O)C(=O)N[C@@H](CCCCN)C(=O)O.[Na]. The monoisotopic (exact) mass is 661 g/mol. The van der Waals surface area contributed by atoms with Gasteiger partial charge in [0.25, 0.3) is 0 Å². The summed E-state index contributed by atoms with van der Waals surface area (Å²) >= 11 is 0. The van der Waals surface area contributed by atoms with Crippen molar-refractivity contribution >= 4 is 59.2 Å². The second-order valence-electron chi connectivity index (χ2n) is 12.5. The van der Waals surface area contributed by atoms with E-state index in [0.29, 0.717) is 32.2 Å². The Bertz CT molecular complexity index is 795. The van der Waals surface area contributed by atoms with Crippen LogP contribution in [0.1, 0.15) is 174 Å². The number of hydrogen-bond donors (Lipinski definition) is 4. The molecule has 0 aromatic heterocycles. The number of aliphatic carboxylic acids is 1. The molecule has 0 aliphatic rings. The molecule has 2 atom stereocenters. The Morgan fingerprint density at radius 1 is 0.609 bits per heavy atom. The van der Waals surface area contributed by atoms with Crippen LogP contribution in [0.4, 0.5) is 0 Å². The number of amides is 4. The minimum absolute atomic E-state index is 0. The maximum Gasteiger partial charge on any atom is 0.326 e. The largest absolute Gasteiger partial charge is 0.480 e. The van der Waals surface area contributed by atoms with E-state index in [-0.39, 0.29) is 61.7 Å². The number of unbranched alkanes of at least 4 members (excludes halogenated alkanes) is 17. The zero-order chi connectivity index (χ0) is 33.7. The topological polar surface area (TPSA) is 173 Å². The maximum absolute atomic E-state index is 13.6. The van der Waals surface area contributed by atoms with Gasteiger partial charge in [-0.05, 0) is 45.1 Å². The molecular weight excluding hydrogens is 595 g/mol. The standard InChI is InChI=1S/C35H66N4O6.Na/c1-3-5-7-9-11-13-15-17-19-24-32(41)39(33(42)25-20-18-16-14-12-10-8-6-4-2)30(26-27-31(37)40)34(43)38-29(35(44)45)23-21-22-28-36;/h29-30H,3-28,36H2,1-2H3,(H2,37,40)(H,38,43)(H,44,45);/t29-,30-;/m0./s1. The number of carbonyl (C=O) groups is 5. The Morgan fingerprint density at radius 3 is 1.39 bits per heavy atom. The Kier molecular flexibility index (Phi) is 32.5. The summed E-state index contributed by atoms with van der Waals surface area (Å²) < 4.78 is 0. The zero-order valence-corrected chi connectivity index (χ0v) is 31.6. The molecule has 11 heteroatoms. The van der Waals surface area contributed by atoms with Gasteiger partial charge in [0.05, 0.1) is 0 Å². The van der Waals surface area contributed by atoms with Gasteiger partial charge in [-0.25, -0.2) is 4.79 Å². The van der Waals surface area contributed by atoms with Gasteiger partial charge in [-0.3, -0.25) is 24.1 Å². The molecule has 0 saturated carbocycles. The van der Waals surface area contributed by atoms with Crippen molar-refractivity contribution in [2.24, 2.45) is 11.5 Å². The summed E-state index contributed by atoms with van der Waals surface area (Å²) in [5, 5.41) is 12.2. The van der Waals surface area contributed by atoms with E-state index in [4.69, 9.17) is 11.5 Å². The van der Waals surface area contributed by atoms with Gasteiger partial charge in [-0.15, -0.1) is 0 Å². The molecule has 0 aromatic carbocycles. The molecule has 0 aromatic rings. The van der Waals surface area contributed by atoms with Crippen molar-refractivity contribution in [1.82, 2.24) is 10.2 Å². The van der Waals surface area contributed by atoms with Gasteiger partial charge in [-0.1, -0.05) is 117 Å². The van der Waals surface area contributed by atoms with Crippen LogP contribution >= 0.6 is 0 Å². The summed E-state index contributed by atoms with van der Waals surface area (Å²) in [5.41, 5.74) is 10.9. The summed E-state index contributed by atoms with van der Waals surface area (Å²) in [7, 11) is 0. The Hall–Kier alpha value is -1.49. The van der Waals surface area contributed by atoms with E-state index in [1.807, 2.05) is 0 Å². The van der Waals surface area contributed by atoms with Gasteiger partial charge in [0.2, 0.25) is 23.6 Å². The summed E-state index contributed by atoms with van der Waals surface area (Å²) in [6, 6.07) is -2.49. The fourth-order valence-electron chi connectivity index (χ4n) is 5.58. The Labute approximate surface area is 301 Å². The molecule has 0 fully saturated rings. The van der Waals surface area contributed by atoms with Crippen molar-refractivity contribution in [3.8, 4) is 0 Å². The molecule has 0 aliphatic heterocycles. The molecule has 0 unspecified atom stereocenters. The van der Waals surface area contributed by atoms with E-state index in [0.717, 1.165) is 43.4 Å². The van der Waals surface area contributed by atoms with Crippen molar-refractivity contribution in [1.29, 1.82) is 0 Å². The number of rotatable bonds is 31. The second-order valence-corrected chi connectivity index (χ2v) is 12.5. The van der Waals surface area contributed by atoms with Crippen LogP contribution in [0.15, 0.2) is 0 Å². The molecule has 0 saturated heterocycles. The van der Waals surface area contributed by atoms with Crippen LogP contribution < -0.4 is 16.8 Å². The number of imide groups is 1. The molecule has 0 heterocycles. The minimum atomic E-state index is -1.30. The number of carbonyl (C=O) groups excluding carboxylic acids is 4. The molecule has 46 heavy (non-hydrogen) atoms. The zero-order valence-electron chi connectivity index (χ0n) is 29.6. The molecule has 1 radical (unpaired) electrons. The molecule has 263 valence electrons. The number of nitrogens with zero attached hydrogens (tertiary/aromatic N) is 1. The fraction of sp³-hybridized carbons (Fsp3) is 0.857. The average molecular weight is 662 g/mol. The third-order valence-corrected chi connectivity index (χ3v) is 8.37. The van der Waals surface area contributed by atoms with Gasteiger partial charge in [0.15, 0.2) is 0 Å². The third-order valence-electron chi connectivity index (χ3n) is 8.37. The number of carboxylic acid groups (broad SMARTS) is 1. The smallest absolute Gasteiger partial charge is 0.326 e. The minimum Gasteiger partial charge on any atom is -0.480 e. The quantitative estimate of drug-likeness (QED) is 0.0510. The summed E-state index contributed by atoms with van der Waals surface area (Å²) in [5.74, 6) is -3.54. The molecule has 10 nitrogen and oxygen atoms in total. The Balaban J connectivity index is 0. The van der Waals surface area contributed by atoms with Crippen LogP contribution in [0, 0.1) is 0 Å². The van der Waals surface area contributed by atoms with Gasteiger partial charge >= 0.3 is 5.97 Å². The number of carboxylic acids is 1. The third kappa shape index (κ3) is 24.7. The summed E-state index contributed by atoms with van der Waals surface area (Å²) in [4.78, 5) is 65.2. The van der Waals surface area contributed by atoms with Crippen molar-refractivity contribution in [3.05, 3.63) is 0 Å². The van der Waals surface area contributed by atoms with Crippen molar-refractivity contribution in [3.63, 3.8) is 0 Å². The predicted molar refractivity (Wildman–Crippen MR) is 186 cm³/mol. The first-order valence-electron chi connectivity index (χ1n) is 18.1. The van der Waals surface area contributed by atoms with Crippen LogP contribution in [0.2, 0.25) is 0 Å². The van der Waals surface area contributed by atoms with E-state index in [9.17, 15) is 29.1 Å². The summed E-state index contributed by atoms with van der Waals surface area (Å²) in [6.07, 6.45) is 20.4. The molecule has 0 aliphatic carbocycles. The van der Waals surface area contributed by atoms with Crippen LogP contribution in [-0.2, 0) is 24.0 Å². The first-order chi connectivity index (χ1) is 21.7. The maximum atomic E-state index is 13.6. The van der Waals surface area contributed by atoms with Crippen molar-refractivity contribution in [2.75, 3.05) is 6.54 Å². The Morgan fingerprint density at radius 2 is 1.02 bits per heavy atom. The molecule has 0 bridgehead atoms. The predicted octanol–water partition coefficient (Wildman–Crippen LogP) is 6.14. The van der Waals surface area contributed by atoms with Gasteiger partial charge in [0.1, 0.15) is 12.1 Å². The first kappa shape index (κ1) is 46.6. The average Bonchev–Trinajstić information content (AvgIpc) is 3.00. The number of nitrogens with two attached hydrogens (primary N) is 2. The van der Waals surface area contributed by atoms with Crippen LogP contribution in [0.3, 0.4) is 0 Å². The van der Waals surface area contributed by atoms with Crippen LogP contribution in [-0.4, -0.2) is 87.8 Å². The number of nitrogens with one attached hydrogen (secondary N) is 1. The first-order valence-corrected chi connectivity index (χ1v) is 18.1. The van der Waals surface area contributed by atoms with E-state index in [1.165, 1.54) is 64.2 Å². The molecular formula is C35H66N4NaO6. The number of hydrogen-bond acceptors (Lipinski definition) is 6. The van der Waals surface area contributed by atoms with Crippen LogP contribution in [0.5, 0.6) is 0 Å². The fourth-order valence-corrected chi connectivity index (χ4v) is 5.58. The van der Waals surface area contributed by atoms with Gasteiger partial charge in [0, 0.05) is 48.8 Å². The van der Waals surface area contributed by atoms with Crippen molar-refractivity contribution < 1.29 is 29.1 Å². The van der Waals surface area contributed by atoms with Crippen molar-refractivity contribution in [2.45, 2.75) is 186 Å². The van der Waals surface area contributed by atoms with E-state index >= 15 is 0 Å². The molecule has 0 rings (SSSR count). The van der Waals surface area contributed by atoms with Gasteiger partial charge in [-0.2, -0.15) is 0 Å². The van der Waals surface area contributed by atoms with Crippen LogP contribution in [0.25, 0.3) is 0 Å². The molecule has 0 spiro atoms.